The van der Waals surface area contributed by atoms with Crippen LogP contribution in [0.5, 0.6) is 0 Å². The van der Waals surface area contributed by atoms with Gasteiger partial charge in [0.15, 0.2) is 12.0 Å². The van der Waals surface area contributed by atoms with Crippen LogP contribution < -0.4 is 0 Å². The average Bonchev–Trinajstić information content (AvgIpc) is 2.89. The van der Waals surface area contributed by atoms with Gasteiger partial charge in [-0.2, -0.15) is 0 Å². The molecule has 4 atom stereocenters. The third-order valence-electron chi connectivity index (χ3n) is 4.03. The summed E-state index contributed by atoms with van der Waals surface area (Å²) in [6.45, 7) is -0.285. The number of aliphatic hydroxyl groups is 2. The number of aliphatic hydroxyl groups excluding tert-OH is 2. The van der Waals surface area contributed by atoms with Gasteiger partial charge >= 0.3 is 5.97 Å². The molecule has 0 unspecified atom stereocenters. The third-order valence-corrected chi connectivity index (χ3v) is 4.03. The molecule has 0 spiro atoms. The van der Waals surface area contributed by atoms with E-state index in [4.69, 9.17) is 9.47 Å². The van der Waals surface area contributed by atoms with E-state index >= 15 is 0 Å². The van der Waals surface area contributed by atoms with E-state index in [9.17, 15) is 24.6 Å². The molecule has 1 saturated heterocycles. The Balaban J connectivity index is 1.62. The van der Waals surface area contributed by atoms with Crippen LogP contribution >= 0.6 is 0 Å². The zero-order valence-corrected chi connectivity index (χ0v) is 13.1. The summed E-state index contributed by atoms with van der Waals surface area (Å²) < 4.78 is 10.6. The summed E-state index contributed by atoms with van der Waals surface area (Å²) in [6, 6.07) is 8.30. The van der Waals surface area contributed by atoms with Crippen LogP contribution in [0.15, 0.2) is 42.6 Å². The molecule has 2 aliphatic heterocycles. The Morgan fingerprint density at radius 1 is 1.20 bits per heavy atom. The Morgan fingerprint density at radius 2 is 1.92 bits per heavy atom. The summed E-state index contributed by atoms with van der Waals surface area (Å²) in [5.74, 6) is -1.47. The van der Waals surface area contributed by atoms with Crippen molar-refractivity contribution in [2.24, 2.45) is 0 Å². The van der Waals surface area contributed by atoms with E-state index in [-0.39, 0.29) is 18.8 Å². The fraction of sp³-hybridized carbons (Fsp3) is 0.353. The standard InChI is InChI=1S/C17H17NO7/c19-11-6-7-18(13(20)8-11)16-15(22)14(21)12(25-16)9-24-17(23)10-4-2-1-3-5-10/h1-7,12,14-16,21-22H,8-9H2/t12-,14+,15+,16-/m1/s1. The van der Waals surface area contributed by atoms with Crippen LogP contribution in [0.4, 0.5) is 0 Å². The predicted molar refractivity (Wildman–Crippen MR) is 83.0 cm³/mol. The van der Waals surface area contributed by atoms with Crippen LogP contribution in [0.25, 0.3) is 0 Å². The minimum absolute atomic E-state index is 0.285. The number of benzene rings is 1. The Morgan fingerprint density at radius 3 is 2.60 bits per heavy atom. The van der Waals surface area contributed by atoms with E-state index in [1.165, 1.54) is 12.3 Å². The lowest BCUT2D eigenvalue weighted by molar-refractivity contribution is -0.148. The number of esters is 1. The molecule has 132 valence electrons. The van der Waals surface area contributed by atoms with Crippen molar-refractivity contribution >= 4 is 17.7 Å². The smallest absolute Gasteiger partial charge is 0.338 e. The van der Waals surface area contributed by atoms with Crippen LogP contribution in [0, 0.1) is 0 Å². The molecule has 1 fully saturated rings. The van der Waals surface area contributed by atoms with Crippen molar-refractivity contribution in [3.8, 4) is 0 Å². The van der Waals surface area contributed by atoms with Crippen LogP contribution in [0.3, 0.4) is 0 Å². The van der Waals surface area contributed by atoms with Gasteiger partial charge in [-0.15, -0.1) is 0 Å². The molecule has 0 bridgehead atoms. The Bertz CT molecular complexity index is 702. The number of ether oxygens (including phenoxy) is 2. The molecule has 25 heavy (non-hydrogen) atoms. The summed E-state index contributed by atoms with van der Waals surface area (Å²) in [6.07, 6.45) is -2.78. The highest BCUT2D eigenvalue weighted by Gasteiger charge is 2.47. The van der Waals surface area contributed by atoms with Gasteiger partial charge < -0.3 is 19.7 Å². The first-order valence-corrected chi connectivity index (χ1v) is 7.73. The normalized spacial score (nSPS) is 29.1. The topological polar surface area (TPSA) is 113 Å². The lowest BCUT2D eigenvalue weighted by Gasteiger charge is -2.28. The SMILES string of the molecule is O=C1C=CN([C@@H]2O[C@H](COC(=O)c3ccccc3)[C@H](O)[C@@H]2O)C(=O)C1. The van der Waals surface area contributed by atoms with Crippen LogP contribution in [0.1, 0.15) is 16.8 Å². The summed E-state index contributed by atoms with van der Waals surface area (Å²) in [5.41, 5.74) is 0.347. The number of nitrogens with zero attached hydrogens (tertiary/aromatic N) is 1. The molecule has 8 heteroatoms. The van der Waals surface area contributed by atoms with Gasteiger partial charge in [-0.1, -0.05) is 18.2 Å². The maximum atomic E-state index is 11.9. The van der Waals surface area contributed by atoms with Gasteiger partial charge in [0.2, 0.25) is 5.91 Å². The van der Waals surface area contributed by atoms with Crippen molar-refractivity contribution in [3.05, 3.63) is 48.2 Å². The predicted octanol–water partition coefficient (Wildman–Crippen LogP) is -0.395. The molecule has 2 N–H and O–H groups in total. The minimum atomic E-state index is -1.39. The molecule has 0 aliphatic carbocycles. The molecular weight excluding hydrogens is 330 g/mol. The van der Waals surface area contributed by atoms with Gasteiger partial charge in [-0.3, -0.25) is 14.5 Å². The van der Waals surface area contributed by atoms with Gasteiger partial charge in [-0.25, -0.2) is 4.79 Å². The second kappa shape index (κ2) is 7.14. The molecule has 1 amide bonds. The Kier molecular flexibility index (Phi) is 4.93. The zero-order valence-electron chi connectivity index (χ0n) is 13.1. The molecular formula is C17H17NO7. The van der Waals surface area contributed by atoms with Gasteiger partial charge in [0.1, 0.15) is 24.9 Å². The average molecular weight is 347 g/mol. The number of carbonyl (C=O) groups excluding carboxylic acids is 3. The van der Waals surface area contributed by atoms with Gasteiger partial charge in [-0.05, 0) is 18.2 Å². The molecule has 1 aromatic rings. The summed E-state index contributed by atoms with van der Waals surface area (Å²) in [7, 11) is 0. The monoisotopic (exact) mass is 347 g/mol. The second-order valence-corrected chi connectivity index (χ2v) is 5.77. The van der Waals surface area contributed by atoms with Crippen LogP contribution in [-0.4, -0.2) is 63.9 Å². The molecule has 2 heterocycles. The Hall–Kier alpha value is -2.55. The van der Waals surface area contributed by atoms with Crippen molar-refractivity contribution in [1.29, 1.82) is 0 Å². The maximum absolute atomic E-state index is 11.9. The molecule has 3 rings (SSSR count). The fourth-order valence-corrected chi connectivity index (χ4v) is 2.68. The number of allylic oxidation sites excluding steroid dienone is 1. The molecule has 0 aromatic heterocycles. The van der Waals surface area contributed by atoms with E-state index in [2.05, 4.69) is 0 Å². The van der Waals surface area contributed by atoms with Gasteiger partial charge in [0.05, 0.1) is 12.0 Å². The Labute approximate surface area is 143 Å². The van der Waals surface area contributed by atoms with E-state index in [0.29, 0.717) is 5.56 Å². The lowest BCUT2D eigenvalue weighted by Crippen LogP contribution is -2.46. The number of rotatable bonds is 4. The van der Waals surface area contributed by atoms with Crippen LogP contribution in [0.2, 0.25) is 0 Å². The highest BCUT2D eigenvalue weighted by Crippen LogP contribution is 2.26. The van der Waals surface area contributed by atoms with E-state index in [0.717, 1.165) is 4.90 Å². The van der Waals surface area contributed by atoms with Crippen molar-refractivity contribution in [1.82, 2.24) is 4.90 Å². The zero-order chi connectivity index (χ0) is 18.0. The van der Waals surface area contributed by atoms with E-state index in [1.807, 2.05) is 0 Å². The van der Waals surface area contributed by atoms with Crippen LogP contribution in [-0.2, 0) is 19.1 Å². The van der Waals surface area contributed by atoms with E-state index in [1.54, 1.807) is 30.3 Å². The number of hydrogen-bond donors (Lipinski definition) is 2. The maximum Gasteiger partial charge on any atom is 0.338 e. The summed E-state index contributed by atoms with van der Waals surface area (Å²) in [5, 5.41) is 20.2. The van der Waals surface area contributed by atoms with Gasteiger partial charge in [0.25, 0.3) is 0 Å². The van der Waals surface area contributed by atoms with Crippen molar-refractivity contribution in [2.75, 3.05) is 6.61 Å². The number of ketones is 1. The first-order chi connectivity index (χ1) is 12.0. The second-order valence-electron chi connectivity index (χ2n) is 5.77. The lowest BCUT2D eigenvalue weighted by atomic mass is 10.1. The summed E-state index contributed by atoms with van der Waals surface area (Å²) in [4.78, 5) is 36.1. The molecule has 0 radical (unpaired) electrons. The molecule has 1 aromatic carbocycles. The molecule has 2 aliphatic rings. The van der Waals surface area contributed by atoms with E-state index < -0.39 is 36.4 Å². The molecule has 0 saturated carbocycles. The highest BCUT2D eigenvalue weighted by atomic mass is 16.6. The van der Waals surface area contributed by atoms with Crippen molar-refractivity contribution in [3.63, 3.8) is 0 Å². The highest BCUT2D eigenvalue weighted by molar-refractivity contribution is 6.06. The first kappa shape index (κ1) is 17.3. The number of amides is 1. The fourth-order valence-electron chi connectivity index (χ4n) is 2.68. The number of hydrogen-bond acceptors (Lipinski definition) is 7. The van der Waals surface area contributed by atoms with Crippen molar-refractivity contribution < 1.29 is 34.1 Å². The largest absolute Gasteiger partial charge is 0.459 e. The van der Waals surface area contributed by atoms with Crippen molar-refractivity contribution in [2.45, 2.75) is 31.0 Å². The third kappa shape index (κ3) is 3.60. The molecule has 8 nitrogen and oxygen atoms in total. The first-order valence-electron chi connectivity index (χ1n) is 7.73. The summed E-state index contributed by atoms with van der Waals surface area (Å²) >= 11 is 0. The quantitative estimate of drug-likeness (QED) is 0.563. The minimum Gasteiger partial charge on any atom is -0.459 e. The van der Waals surface area contributed by atoms with Gasteiger partial charge in [0, 0.05) is 6.20 Å². The number of carbonyl (C=O) groups is 3.